The summed E-state index contributed by atoms with van der Waals surface area (Å²) in [7, 11) is -3.54. The number of carbonyl (C=O) groups is 1. The number of sulfonamides is 1. The Balaban J connectivity index is 1.22. The highest BCUT2D eigenvalue weighted by molar-refractivity contribution is 7.89. The molecule has 2 aliphatic rings. The first-order valence-corrected chi connectivity index (χ1v) is 13.3. The Bertz CT molecular complexity index is 998. The Hall–Kier alpha value is -2.42. The third kappa shape index (κ3) is 6.79. The van der Waals surface area contributed by atoms with E-state index in [9.17, 15) is 13.2 Å². The standard InChI is InChI=1S/C25H33N3O4S/c29-25(28-17-15-27(16-18-28)19-21-7-3-1-4-8-21)20-32-23-11-13-24(14-12-23)33(30,31)26-22-9-5-2-6-10-22/h1,3-4,7-8,11-14,22,26H,2,5-6,9-10,15-20H2. The van der Waals surface area contributed by atoms with Gasteiger partial charge in [0.25, 0.3) is 5.91 Å². The van der Waals surface area contributed by atoms with Gasteiger partial charge in [-0.15, -0.1) is 0 Å². The second-order valence-corrected chi connectivity index (χ2v) is 10.6. The van der Waals surface area contributed by atoms with Gasteiger partial charge in [0, 0.05) is 38.8 Å². The van der Waals surface area contributed by atoms with E-state index < -0.39 is 10.0 Å². The SMILES string of the molecule is O=C(COc1ccc(S(=O)(=O)NC2CCCCC2)cc1)N1CCN(Cc2ccccc2)CC1. The summed E-state index contributed by atoms with van der Waals surface area (Å²) in [4.78, 5) is 17.0. The first kappa shape index (κ1) is 23.7. The van der Waals surface area contributed by atoms with E-state index in [2.05, 4.69) is 21.8 Å². The second-order valence-electron chi connectivity index (χ2n) is 8.86. The average Bonchev–Trinajstić information content (AvgIpc) is 2.84. The highest BCUT2D eigenvalue weighted by Crippen LogP contribution is 2.21. The molecule has 0 unspecified atom stereocenters. The van der Waals surface area contributed by atoms with Crippen molar-refractivity contribution in [2.45, 2.75) is 49.6 Å². The van der Waals surface area contributed by atoms with Crippen molar-refractivity contribution in [1.29, 1.82) is 0 Å². The molecule has 1 saturated heterocycles. The summed E-state index contributed by atoms with van der Waals surface area (Å²) in [6.07, 6.45) is 5.09. The van der Waals surface area contributed by atoms with Gasteiger partial charge in [-0.1, -0.05) is 49.6 Å². The predicted molar refractivity (Wildman–Crippen MR) is 127 cm³/mol. The normalized spacial score (nSPS) is 18.2. The molecule has 33 heavy (non-hydrogen) atoms. The molecule has 2 aromatic carbocycles. The maximum Gasteiger partial charge on any atom is 0.260 e. The third-order valence-electron chi connectivity index (χ3n) is 6.40. The van der Waals surface area contributed by atoms with E-state index in [0.717, 1.165) is 45.3 Å². The van der Waals surface area contributed by atoms with Crippen LogP contribution in [-0.2, 0) is 21.4 Å². The van der Waals surface area contributed by atoms with Gasteiger partial charge in [-0.25, -0.2) is 13.1 Å². The maximum absolute atomic E-state index is 12.6. The minimum Gasteiger partial charge on any atom is -0.484 e. The molecular formula is C25H33N3O4S. The lowest BCUT2D eigenvalue weighted by atomic mass is 9.96. The van der Waals surface area contributed by atoms with Crippen LogP contribution in [0.1, 0.15) is 37.7 Å². The molecule has 8 heteroatoms. The van der Waals surface area contributed by atoms with E-state index in [1.807, 2.05) is 23.1 Å². The van der Waals surface area contributed by atoms with Crippen LogP contribution < -0.4 is 9.46 Å². The maximum atomic E-state index is 12.6. The van der Waals surface area contributed by atoms with E-state index in [-0.39, 0.29) is 23.5 Å². The van der Waals surface area contributed by atoms with Gasteiger partial charge < -0.3 is 9.64 Å². The van der Waals surface area contributed by atoms with E-state index in [4.69, 9.17) is 4.74 Å². The predicted octanol–water partition coefficient (Wildman–Crippen LogP) is 3.02. The van der Waals surface area contributed by atoms with Gasteiger partial charge in [-0.3, -0.25) is 9.69 Å². The first-order chi connectivity index (χ1) is 16.0. The van der Waals surface area contributed by atoms with Gasteiger partial charge in [0.05, 0.1) is 4.90 Å². The van der Waals surface area contributed by atoms with Crippen LogP contribution in [0.25, 0.3) is 0 Å². The number of nitrogens with zero attached hydrogens (tertiary/aromatic N) is 2. The van der Waals surface area contributed by atoms with Gasteiger partial charge in [0.15, 0.2) is 6.61 Å². The molecule has 1 aliphatic heterocycles. The summed E-state index contributed by atoms with van der Waals surface area (Å²) in [6, 6.07) is 16.7. The van der Waals surface area contributed by atoms with Crippen molar-refractivity contribution in [2.75, 3.05) is 32.8 Å². The Kier molecular flexibility index (Phi) is 8.01. The van der Waals surface area contributed by atoms with Crippen molar-refractivity contribution in [2.24, 2.45) is 0 Å². The number of hydrogen-bond acceptors (Lipinski definition) is 5. The van der Waals surface area contributed by atoms with Gasteiger partial charge in [-0.05, 0) is 42.7 Å². The quantitative estimate of drug-likeness (QED) is 0.640. The number of benzene rings is 2. The van der Waals surface area contributed by atoms with E-state index in [0.29, 0.717) is 18.8 Å². The summed E-state index contributed by atoms with van der Waals surface area (Å²) < 4.78 is 33.7. The molecule has 178 valence electrons. The Morgan fingerprint density at radius 3 is 2.24 bits per heavy atom. The van der Waals surface area contributed by atoms with Crippen molar-refractivity contribution in [1.82, 2.24) is 14.5 Å². The molecule has 2 fully saturated rings. The molecule has 0 atom stereocenters. The monoisotopic (exact) mass is 471 g/mol. The van der Waals surface area contributed by atoms with Gasteiger partial charge in [0.1, 0.15) is 5.75 Å². The number of nitrogens with one attached hydrogen (secondary N) is 1. The lowest BCUT2D eigenvalue weighted by molar-refractivity contribution is -0.135. The Morgan fingerprint density at radius 1 is 0.909 bits per heavy atom. The number of hydrogen-bond donors (Lipinski definition) is 1. The molecule has 2 aromatic rings. The number of amides is 1. The Morgan fingerprint density at radius 2 is 1.58 bits per heavy atom. The van der Waals surface area contributed by atoms with Gasteiger partial charge in [-0.2, -0.15) is 0 Å². The summed E-state index contributed by atoms with van der Waals surface area (Å²) in [5.74, 6) is 0.438. The number of rotatable bonds is 8. The van der Waals surface area contributed by atoms with Crippen molar-refractivity contribution in [3.05, 3.63) is 60.2 Å². The smallest absolute Gasteiger partial charge is 0.260 e. The molecule has 1 aliphatic carbocycles. The van der Waals surface area contributed by atoms with Crippen molar-refractivity contribution in [3.63, 3.8) is 0 Å². The fourth-order valence-corrected chi connectivity index (χ4v) is 5.76. The highest BCUT2D eigenvalue weighted by atomic mass is 32.2. The molecule has 7 nitrogen and oxygen atoms in total. The van der Waals surface area contributed by atoms with Crippen LogP contribution in [0.4, 0.5) is 0 Å². The van der Waals surface area contributed by atoms with Gasteiger partial charge in [0.2, 0.25) is 10.0 Å². The van der Waals surface area contributed by atoms with E-state index in [1.165, 1.54) is 24.1 Å². The lowest BCUT2D eigenvalue weighted by Gasteiger charge is -2.34. The highest BCUT2D eigenvalue weighted by Gasteiger charge is 2.23. The summed E-state index contributed by atoms with van der Waals surface area (Å²) in [6.45, 7) is 3.87. The van der Waals surface area contributed by atoms with E-state index in [1.54, 1.807) is 12.1 Å². The largest absolute Gasteiger partial charge is 0.484 e. The molecule has 0 aromatic heterocycles. The summed E-state index contributed by atoms with van der Waals surface area (Å²) in [5.41, 5.74) is 1.28. The topological polar surface area (TPSA) is 78.9 Å². The average molecular weight is 472 g/mol. The zero-order valence-electron chi connectivity index (χ0n) is 19.0. The number of ether oxygens (including phenoxy) is 1. The van der Waals surface area contributed by atoms with Crippen LogP contribution in [0.5, 0.6) is 5.75 Å². The Labute approximate surface area is 196 Å². The molecular weight excluding hydrogens is 438 g/mol. The minimum absolute atomic E-state index is 0.0189. The fourth-order valence-electron chi connectivity index (χ4n) is 4.46. The molecule has 0 spiro atoms. The second kappa shape index (κ2) is 11.1. The van der Waals surface area contributed by atoms with Crippen LogP contribution in [0.2, 0.25) is 0 Å². The summed E-state index contributed by atoms with van der Waals surface area (Å²) in [5, 5.41) is 0. The fraction of sp³-hybridized carbons (Fsp3) is 0.480. The van der Waals surface area contributed by atoms with Crippen LogP contribution in [0, 0.1) is 0 Å². The summed E-state index contributed by atoms with van der Waals surface area (Å²) >= 11 is 0. The van der Waals surface area contributed by atoms with Crippen molar-refractivity contribution in [3.8, 4) is 5.75 Å². The number of piperazine rings is 1. The molecule has 0 bridgehead atoms. The third-order valence-corrected chi connectivity index (χ3v) is 7.93. The first-order valence-electron chi connectivity index (χ1n) is 11.8. The molecule has 1 amide bonds. The molecule has 1 heterocycles. The zero-order valence-corrected chi connectivity index (χ0v) is 19.8. The van der Waals surface area contributed by atoms with Crippen LogP contribution in [0.3, 0.4) is 0 Å². The minimum atomic E-state index is -3.54. The van der Waals surface area contributed by atoms with Crippen LogP contribution in [-0.4, -0.2) is 63.0 Å². The molecule has 1 saturated carbocycles. The van der Waals surface area contributed by atoms with Crippen molar-refractivity contribution >= 4 is 15.9 Å². The lowest BCUT2D eigenvalue weighted by Crippen LogP contribution is -2.49. The van der Waals surface area contributed by atoms with E-state index >= 15 is 0 Å². The molecule has 1 N–H and O–H groups in total. The molecule has 0 radical (unpaired) electrons. The van der Waals surface area contributed by atoms with Crippen LogP contribution in [0.15, 0.2) is 59.5 Å². The van der Waals surface area contributed by atoms with Crippen LogP contribution >= 0.6 is 0 Å². The zero-order chi connectivity index (χ0) is 23.1. The number of carbonyl (C=O) groups excluding carboxylic acids is 1. The van der Waals surface area contributed by atoms with Crippen molar-refractivity contribution < 1.29 is 17.9 Å². The molecule has 4 rings (SSSR count). The van der Waals surface area contributed by atoms with Gasteiger partial charge >= 0.3 is 0 Å².